The molecule has 8 nitrogen and oxygen atoms in total. The number of nitrogens with zero attached hydrogens (tertiary/aromatic N) is 5. The Bertz CT molecular complexity index is 1120. The molecule has 144 valence electrons. The lowest BCUT2D eigenvalue weighted by Gasteiger charge is -2.14. The number of ether oxygens (including phenoxy) is 2. The maximum absolute atomic E-state index is 6.24. The van der Waals surface area contributed by atoms with E-state index in [9.17, 15) is 0 Å². The van der Waals surface area contributed by atoms with Crippen molar-refractivity contribution in [3.8, 4) is 11.6 Å². The van der Waals surface area contributed by atoms with Crippen LogP contribution in [0.4, 0.5) is 11.6 Å². The summed E-state index contributed by atoms with van der Waals surface area (Å²) in [5.74, 6) is 1.06. The van der Waals surface area contributed by atoms with Gasteiger partial charge in [-0.05, 0) is 19.1 Å². The fraction of sp³-hybridized carbons (Fsp3) is 0.316. The maximum atomic E-state index is 6.24. The number of anilines is 2. The summed E-state index contributed by atoms with van der Waals surface area (Å²) in [5, 5.41) is 9.61. The van der Waals surface area contributed by atoms with Crippen LogP contribution >= 0.6 is 11.3 Å². The minimum atomic E-state index is -0.00779. The molecule has 1 N–H and O–H groups in total. The lowest BCUT2D eigenvalue weighted by atomic mass is 10.3. The lowest BCUT2D eigenvalue weighted by Crippen LogP contribution is -2.17. The molecule has 1 aliphatic heterocycles. The molecule has 0 bridgehead atoms. The molecular formula is C19H20N6O2S. The highest BCUT2D eigenvalue weighted by molar-refractivity contribution is 7.10. The van der Waals surface area contributed by atoms with E-state index >= 15 is 0 Å². The topological polar surface area (TPSA) is 79.0 Å². The average Bonchev–Trinajstić information content (AvgIpc) is 3.43. The number of hydrogen-bond donors (Lipinski definition) is 1. The van der Waals surface area contributed by atoms with Crippen LogP contribution in [0.2, 0.25) is 0 Å². The molecule has 0 aromatic carbocycles. The van der Waals surface area contributed by atoms with Crippen LogP contribution < -0.4 is 10.1 Å². The van der Waals surface area contributed by atoms with Gasteiger partial charge in [0.2, 0.25) is 11.8 Å². The minimum Gasteiger partial charge on any atom is -0.470 e. The third kappa shape index (κ3) is 3.23. The number of thiophene rings is 1. The van der Waals surface area contributed by atoms with Crippen LogP contribution in [0.15, 0.2) is 36.1 Å². The van der Waals surface area contributed by atoms with Crippen LogP contribution in [0.1, 0.15) is 11.3 Å². The van der Waals surface area contributed by atoms with Gasteiger partial charge in [0.05, 0.1) is 36.3 Å². The normalized spacial score (nSPS) is 16.7. The van der Waals surface area contributed by atoms with Gasteiger partial charge in [-0.3, -0.25) is 4.68 Å². The van der Waals surface area contributed by atoms with E-state index in [2.05, 4.69) is 28.8 Å². The van der Waals surface area contributed by atoms with Crippen LogP contribution in [-0.4, -0.2) is 43.6 Å². The summed E-state index contributed by atoms with van der Waals surface area (Å²) >= 11 is 1.68. The summed E-state index contributed by atoms with van der Waals surface area (Å²) in [5.41, 5.74) is 3.54. The highest BCUT2D eigenvalue weighted by Crippen LogP contribution is 2.31. The second-order valence-electron chi connectivity index (χ2n) is 6.82. The zero-order valence-corrected chi connectivity index (χ0v) is 16.4. The molecule has 0 spiro atoms. The number of fused-ring (bicyclic) bond motifs is 1. The average molecular weight is 396 g/mol. The molecule has 0 radical (unpaired) electrons. The highest BCUT2D eigenvalue weighted by Gasteiger charge is 2.22. The van der Waals surface area contributed by atoms with Crippen molar-refractivity contribution in [3.63, 3.8) is 0 Å². The first-order chi connectivity index (χ1) is 13.7. The first-order valence-corrected chi connectivity index (χ1v) is 9.98. The highest BCUT2D eigenvalue weighted by atomic mass is 32.1. The number of rotatable bonds is 5. The van der Waals surface area contributed by atoms with E-state index in [1.54, 1.807) is 16.0 Å². The molecule has 5 rings (SSSR count). The molecule has 0 saturated carbocycles. The van der Waals surface area contributed by atoms with Gasteiger partial charge in [-0.2, -0.15) is 10.1 Å². The summed E-state index contributed by atoms with van der Waals surface area (Å²) in [6.45, 7) is 3.36. The number of aromatic nitrogens is 5. The molecule has 0 amide bonds. The monoisotopic (exact) mass is 396 g/mol. The quantitative estimate of drug-likeness (QED) is 0.557. The Kier molecular flexibility index (Phi) is 4.25. The van der Waals surface area contributed by atoms with Gasteiger partial charge < -0.3 is 19.4 Å². The van der Waals surface area contributed by atoms with Crippen LogP contribution in [-0.2, 0) is 11.8 Å². The molecule has 4 aromatic heterocycles. The van der Waals surface area contributed by atoms with Gasteiger partial charge in [-0.25, -0.2) is 4.98 Å². The van der Waals surface area contributed by atoms with Gasteiger partial charge in [-0.15, -0.1) is 11.3 Å². The molecule has 0 aliphatic carbocycles. The summed E-state index contributed by atoms with van der Waals surface area (Å²) in [6, 6.07) is 4.04. The van der Waals surface area contributed by atoms with Crippen molar-refractivity contribution in [1.82, 2.24) is 24.3 Å². The third-order valence-corrected chi connectivity index (χ3v) is 5.49. The SMILES string of the molecule is Cc1cc(Nc2nc(O[C@H]3CCOC3)c3c(ccn3-c3cnn(C)c3)n2)cs1. The van der Waals surface area contributed by atoms with E-state index in [4.69, 9.17) is 19.4 Å². The predicted molar refractivity (Wildman–Crippen MR) is 108 cm³/mol. The zero-order chi connectivity index (χ0) is 19.1. The van der Waals surface area contributed by atoms with Crippen molar-refractivity contribution < 1.29 is 9.47 Å². The Morgan fingerprint density at radius 3 is 3.00 bits per heavy atom. The smallest absolute Gasteiger partial charge is 0.244 e. The third-order valence-electron chi connectivity index (χ3n) is 4.62. The Balaban J connectivity index is 1.59. The van der Waals surface area contributed by atoms with E-state index < -0.39 is 0 Å². The van der Waals surface area contributed by atoms with Gasteiger partial charge in [0.1, 0.15) is 11.6 Å². The first kappa shape index (κ1) is 17.2. The van der Waals surface area contributed by atoms with Crippen molar-refractivity contribution >= 4 is 34.0 Å². The Morgan fingerprint density at radius 2 is 2.29 bits per heavy atom. The molecule has 1 saturated heterocycles. The lowest BCUT2D eigenvalue weighted by molar-refractivity contribution is 0.139. The van der Waals surface area contributed by atoms with E-state index in [-0.39, 0.29) is 6.10 Å². The number of nitrogens with one attached hydrogen (secondary N) is 1. The van der Waals surface area contributed by atoms with E-state index in [0.717, 1.165) is 28.8 Å². The molecular weight excluding hydrogens is 376 g/mol. The maximum Gasteiger partial charge on any atom is 0.244 e. The van der Waals surface area contributed by atoms with Gasteiger partial charge in [0, 0.05) is 36.1 Å². The van der Waals surface area contributed by atoms with Crippen molar-refractivity contribution in [2.45, 2.75) is 19.4 Å². The van der Waals surface area contributed by atoms with Crippen molar-refractivity contribution in [2.24, 2.45) is 7.05 Å². The summed E-state index contributed by atoms with van der Waals surface area (Å²) in [7, 11) is 1.89. The first-order valence-electron chi connectivity index (χ1n) is 9.10. The molecule has 1 fully saturated rings. The molecule has 9 heteroatoms. The Labute approximate surface area is 165 Å². The number of hydrogen-bond acceptors (Lipinski definition) is 7. The van der Waals surface area contributed by atoms with Crippen molar-refractivity contribution in [2.75, 3.05) is 18.5 Å². The van der Waals surface area contributed by atoms with Crippen molar-refractivity contribution in [3.05, 3.63) is 41.0 Å². The van der Waals surface area contributed by atoms with E-state index in [1.807, 2.05) is 36.3 Å². The molecule has 1 aliphatic rings. The van der Waals surface area contributed by atoms with E-state index in [1.165, 1.54) is 4.88 Å². The summed E-state index contributed by atoms with van der Waals surface area (Å²) in [4.78, 5) is 10.6. The molecule has 1 atom stereocenters. The zero-order valence-electron chi connectivity index (χ0n) is 15.6. The summed E-state index contributed by atoms with van der Waals surface area (Å²) in [6.07, 6.45) is 6.56. The van der Waals surface area contributed by atoms with Gasteiger partial charge in [0.25, 0.3) is 0 Å². The molecule has 4 aromatic rings. The van der Waals surface area contributed by atoms with Crippen LogP contribution in [0, 0.1) is 6.92 Å². The standard InChI is InChI=1S/C19H20N6O2S/c1-12-7-13(11-28-12)21-19-22-16-3-5-25(14-8-20-24(2)9-14)17(16)18(23-19)27-15-4-6-26-10-15/h3,5,7-9,11,15H,4,6,10H2,1-2H3,(H,21,22,23)/t15-/m0/s1. The second-order valence-corrected chi connectivity index (χ2v) is 7.93. The van der Waals surface area contributed by atoms with Crippen LogP contribution in [0.25, 0.3) is 16.7 Å². The number of aryl methyl sites for hydroxylation is 2. The second kappa shape index (κ2) is 6.92. The van der Waals surface area contributed by atoms with E-state index in [0.29, 0.717) is 25.0 Å². The van der Waals surface area contributed by atoms with Gasteiger partial charge in [-0.1, -0.05) is 0 Å². The summed E-state index contributed by atoms with van der Waals surface area (Å²) < 4.78 is 15.5. The Morgan fingerprint density at radius 1 is 1.36 bits per heavy atom. The van der Waals surface area contributed by atoms with Gasteiger partial charge >= 0.3 is 0 Å². The largest absolute Gasteiger partial charge is 0.470 e. The predicted octanol–water partition coefficient (Wildman–Crippen LogP) is 3.44. The van der Waals surface area contributed by atoms with Crippen LogP contribution in [0.3, 0.4) is 0 Å². The minimum absolute atomic E-state index is 0.00779. The molecule has 28 heavy (non-hydrogen) atoms. The Hall–Kier alpha value is -2.91. The fourth-order valence-electron chi connectivity index (χ4n) is 3.30. The van der Waals surface area contributed by atoms with Gasteiger partial charge in [0.15, 0.2) is 0 Å². The fourth-order valence-corrected chi connectivity index (χ4v) is 3.94. The molecule has 0 unspecified atom stereocenters. The van der Waals surface area contributed by atoms with Crippen molar-refractivity contribution in [1.29, 1.82) is 0 Å². The van der Waals surface area contributed by atoms with Crippen LogP contribution in [0.5, 0.6) is 5.88 Å². The molecule has 5 heterocycles.